The van der Waals surface area contributed by atoms with Crippen LogP contribution in [0.3, 0.4) is 0 Å². The second kappa shape index (κ2) is 5.75. The van der Waals surface area contributed by atoms with Crippen LogP contribution in [0.25, 0.3) is 10.2 Å². The largest absolute Gasteiger partial charge is 0.370 e. The molecule has 2 heterocycles. The smallest absolute Gasteiger partial charge is 0.264 e. The van der Waals surface area contributed by atoms with Crippen LogP contribution in [0.15, 0.2) is 6.33 Å². The molecular weight excluding hydrogens is 272 g/mol. The van der Waals surface area contributed by atoms with E-state index in [1.807, 2.05) is 34.7 Å². The summed E-state index contributed by atoms with van der Waals surface area (Å²) in [6.07, 6.45) is 1.54. The summed E-state index contributed by atoms with van der Waals surface area (Å²) < 4.78 is 0. The van der Waals surface area contributed by atoms with Crippen LogP contribution in [0.1, 0.15) is 36.0 Å². The minimum absolute atomic E-state index is 0.0444. The van der Waals surface area contributed by atoms with E-state index < -0.39 is 0 Å². The van der Waals surface area contributed by atoms with E-state index in [0.29, 0.717) is 0 Å². The molecule has 0 unspecified atom stereocenters. The van der Waals surface area contributed by atoms with Crippen molar-refractivity contribution in [3.05, 3.63) is 16.8 Å². The molecule has 20 heavy (non-hydrogen) atoms. The summed E-state index contributed by atoms with van der Waals surface area (Å²) in [5, 5.41) is 4.18. The first kappa shape index (κ1) is 14.7. The van der Waals surface area contributed by atoms with E-state index in [0.717, 1.165) is 33.0 Å². The molecule has 1 N–H and O–H groups in total. The molecule has 0 fully saturated rings. The molecule has 0 spiro atoms. The molecular formula is C14H20N4OS. The van der Waals surface area contributed by atoms with Crippen molar-refractivity contribution in [1.29, 1.82) is 0 Å². The number of carbonyl (C=O) groups excluding carboxylic acids is 1. The lowest BCUT2D eigenvalue weighted by atomic mass is 10.2. The van der Waals surface area contributed by atoms with Crippen LogP contribution in [0.4, 0.5) is 5.82 Å². The number of hydrogen-bond acceptors (Lipinski definition) is 5. The molecule has 0 aliphatic carbocycles. The Kier molecular flexibility index (Phi) is 4.23. The van der Waals surface area contributed by atoms with E-state index in [-0.39, 0.29) is 11.9 Å². The van der Waals surface area contributed by atoms with Gasteiger partial charge in [0.15, 0.2) is 0 Å². The average molecular weight is 292 g/mol. The van der Waals surface area contributed by atoms with Gasteiger partial charge in [-0.2, -0.15) is 0 Å². The molecule has 0 bridgehead atoms. The topological polar surface area (TPSA) is 58.1 Å². The van der Waals surface area contributed by atoms with Gasteiger partial charge < -0.3 is 10.2 Å². The van der Waals surface area contributed by atoms with E-state index in [1.54, 1.807) is 4.90 Å². The Morgan fingerprint density at radius 1 is 1.45 bits per heavy atom. The van der Waals surface area contributed by atoms with Gasteiger partial charge in [-0.1, -0.05) is 0 Å². The van der Waals surface area contributed by atoms with Crippen molar-refractivity contribution in [3.63, 3.8) is 0 Å². The fourth-order valence-corrected chi connectivity index (χ4v) is 3.10. The number of carbonyl (C=O) groups is 1. The van der Waals surface area contributed by atoms with Gasteiger partial charge in [-0.15, -0.1) is 11.3 Å². The molecule has 0 atom stereocenters. The summed E-state index contributed by atoms with van der Waals surface area (Å²) in [6.45, 7) is 8.78. The van der Waals surface area contributed by atoms with E-state index in [4.69, 9.17) is 0 Å². The highest BCUT2D eigenvalue weighted by atomic mass is 32.1. The summed E-state index contributed by atoms with van der Waals surface area (Å²) in [7, 11) is 1.83. The second-order valence-electron chi connectivity index (χ2n) is 5.00. The van der Waals surface area contributed by atoms with Gasteiger partial charge >= 0.3 is 0 Å². The Bertz CT molecular complexity index is 635. The van der Waals surface area contributed by atoms with Crippen LogP contribution in [0.5, 0.6) is 0 Å². The Morgan fingerprint density at radius 3 is 2.75 bits per heavy atom. The van der Waals surface area contributed by atoms with Crippen molar-refractivity contribution in [1.82, 2.24) is 14.9 Å². The molecule has 0 aliphatic heterocycles. The maximum Gasteiger partial charge on any atom is 0.264 e. The molecule has 108 valence electrons. The van der Waals surface area contributed by atoms with E-state index in [2.05, 4.69) is 15.3 Å². The third-order valence-electron chi connectivity index (χ3n) is 3.36. The van der Waals surface area contributed by atoms with Crippen molar-refractivity contribution in [2.24, 2.45) is 0 Å². The number of amides is 1. The van der Waals surface area contributed by atoms with Crippen LogP contribution in [-0.4, -0.2) is 40.4 Å². The molecule has 0 aliphatic rings. The van der Waals surface area contributed by atoms with Gasteiger partial charge in [-0.3, -0.25) is 4.79 Å². The Hall–Kier alpha value is -1.69. The molecule has 0 saturated carbocycles. The summed E-state index contributed by atoms with van der Waals surface area (Å²) in [5.41, 5.74) is 0.957. The van der Waals surface area contributed by atoms with Crippen LogP contribution < -0.4 is 5.32 Å². The molecule has 2 aromatic heterocycles. The number of anilines is 1. The number of nitrogens with one attached hydrogen (secondary N) is 1. The Labute approximate surface area is 123 Å². The van der Waals surface area contributed by atoms with E-state index in [9.17, 15) is 4.79 Å². The van der Waals surface area contributed by atoms with Gasteiger partial charge in [0.25, 0.3) is 5.91 Å². The van der Waals surface area contributed by atoms with Crippen molar-refractivity contribution in [3.8, 4) is 0 Å². The van der Waals surface area contributed by atoms with Gasteiger partial charge in [0.1, 0.15) is 17.0 Å². The number of rotatable bonds is 4. The third kappa shape index (κ3) is 2.47. The lowest BCUT2D eigenvalue weighted by Gasteiger charge is -2.20. The quantitative estimate of drug-likeness (QED) is 0.941. The maximum absolute atomic E-state index is 12.5. The predicted molar refractivity (Wildman–Crippen MR) is 83.5 cm³/mol. The number of nitrogens with zero attached hydrogens (tertiary/aromatic N) is 3. The first-order valence-electron chi connectivity index (χ1n) is 6.72. The summed E-state index contributed by atoms with van der Waals surface area (Å²) in [5.74, 6) is 0.848. The lowest BCUT2D eigenvalue weighted by molar-refractivity contribution is 0.0759. The number of thiophene rings is 1. The van der Waals surface area contributed by atoms with Crippen molar-refractivity contribution in [2.45, 2.75) is 33.7 Å². The average Bonchev–Trinajstić information content (AvgIpc) is 2.76. The SMILES string of the molecule is CCNc1ncnc2sc(C(=O)N(C)C(C)C)c(C)c12. The molecule has 2 aromatic rings. The lowest BCUT2D eigenvalue weighted by Crippen LogP contribution is -2.32. The van der Waals surface area contributed by atoms with Crippen molar-refractivity contribution in [2.75, 3.05) is 18.9 Å². The van der Waals surface area contributed by atoms with Crippen LogP contribution >= 0.6 is 11.3 Å². The standard InChI is InChI=1S/C14H20N4OS/c1-6-15-12-10-9(4)11(14(19)18(5)8(2)3)20-13(10)17-7-16-12/h7-8H,6H2,1-5H3,(H,15,16,17). The van der Waals surface area contributed by atoms with Crippen molar-refractivity contribution >= 4 is 33.3 Å². The monoisotopic (exact) mass is 292 g/mol. The minimum Gasteiger partial charge on any atom is -0.370 e. The molecule has 0 aromatic carbocycles. The number of aryl methyl sites for hydroxylation is 1. The molecule has 6 heteroatoms. The highest BCUT2D eigenvalue weighted by Gasteiger charge is 2.22. The zero-order valence-electron chi connectivity index (χ0n) is 12.5. The third-order valence-corrected chi connectivity index (χ3v) is 4.55. The predicted octanol–water partition coefficient (Wildman–Crippen LogP) is 2.91. The molecule has 0 radical (unpaired) electrons. The van der Waals surface area contributed by atoms with Crippen LogP contribution in [-0.2, 0) is 0 Å². The summed E-state index contributed by atoms with van der Waals surface area (Å²) in [6, 6.07) is 0.173. The number of hydrogen-bond donors (Lipinski definition) is 1. The van der Waals surface area contributed by atoms with Gasteiger partial charge in [-0.05, 0) is 33.3 Å². The highest BCUT2D eigenvalue weighted by molar-refractivity contribution is 7.20. The first-order valence-corrected chi connectivity index (χ1v) is 7.54. The normalized spacial score (nSPS) is 11.1. The number of aromatic nitrogens is 2. The number of fused-ring (bicyclic) bond motifs is 1. The van der Waals surface area contributed by atoms with Crippen LogP contribution in [0.2, 0.25) is 0 Å². The fraction of sp³-hybridized carbons (Fsp3) is 0.500. The van der Waals surface area contributed by atoms with Crippen molar-refractivity contribution < 1.29 is 4.79 Å². The Balaban J connectivity index is 2.54. The molecule has 2 rings (SSSR count). The highest BCUT2D eigenvalue weighted by Crippen LogP contribution is 2.33. The minimum atomic E-state index is 0.0444. The van der Waals surface area contributed by atoms with Gasteiger partial charge in [0, 0.05) is 19.6 Å². The maximum atomic E-state index is 12.5. The Morgan fingerprint density at radius 2 is 2.15 bits per heavy atom. The van der Waals surface area contributed by atoms with Gasteiger partial charge in [-0.25, -0.2) is 9.97 Å². The van der Waals surface area contributed by atoms with E-state index >= 15 is 0 Å². The zero-order valence-corrected chi connectivity index (χ0v) is 13.3. The molecule has 0 saturated heterocycles. The molecule has 1 amide bonds. The fourth-order valence-electron chi connectivity index (χ4n) is 1.97. The van der Waals surface area contributed by atoms with Gasteiger partial charge in [0.05, 0.1) is 10.3 Å². The van der Waals surface area contributed by atoms with E-state index in [1.165, 1.54) is 17.7 Å². The van der Waals surface area contributed by atoms with Gasteiger partial charge in [0.2, 0.25) is 0 Å². The molecule has 5 nitrogen and oxygen atoms in total. The zero-order chi connectivity index (χ0) is 14.9. The second-order valence-corrected chi connectivity index (χ2v) is 6.00. The first-order chi connectivity index (χ1) is 9.47. The summed E-state index contributed by atoms with van der Waals surface area (Å²) >= 11 is 1.44. The van der Waals surface area contributed by atoms with Crippen LogP contribution in [0, 0.1) is 6.92 Å². The summed E-state index contributed by atoms with van der Waals surface area (Å²) in [4.78, 5) is 24.4.